The van der Waals surface area contributed by atoms with Gasteiger partial charge in [0.1, 0.15) is 5.82 Å². The van der Waals surface area contributed by atoms with E-state index in [1.165, 1.54) is 35.6 Å². The second-order valence-electron chi connectivity index (χ2n) is 8.27. The van der Waals surface area contributed by atoms with Crippen LogP contribution < -0.4 is 0 Å². The molecule has 3 aromatic rings. The zero-order valence-electron chi connectivity index (χ0n) is 18.3. The standard InChI is InChI=1S/C24H26FN3O3S/c1-16(2)27(3)32(30,31)20-6-4-5-18(13-20)24(29)28-11-9-17(10-12-28)22-15-26-23-14-19(25)7-8-21(22)23/h4-9,13-16,26H,10-12H2,1-3H3. The molecule has 1 aromatic heterocycles. The number of H-pyrrole nitrogens is 1. The van der Waals surface area contributed by atoms with Gasteiger partial charge in [0.25, 0.3) is 5.91 Å². The number of carbonyl (C=O) groups is 1. The van der Waals surface area contributed by atoms with Crippen LogP contribution in [0.1, 0.15) is 36.2 Å². The average molecular weight is 456 g/mol. The summed E-state index contributed by atoms with van der Waals surface area (Å²) >= 11 is 0. The number of rotatable bonds is 5. The Hall–Kier alpha value is -2.97. The number of aromatic nitrogens is 1. The van der Waals surface area contributed by atoms with Gasteiger partial charge in [-0.15, -0.1) is 0 Å². The second kappa shape index (κ2) is 8.52. The van der Waals surface area contributed by atoms with Crippen molar-refractivity contribution in [1.82, 2.24) is 14.2 Å². The van der Waals surface area contributed by atoms with Crippen molar-refractivity contribution in [2.45, 2.75) is 31.2 Å². The molecule has 0 aliphatic carbocycles. The summed E-state index contributed by atoms with van der Waals surface area (Å²) in [5, 5.41) is 0.949. The first-order chi connectivity index (χ1) is 15.2. The molecule has 1 N–H and O–H groups in total. The molecule has 1 aliphatic rings. The van der Waals surface area contributed by atoms with Gasteiger partial charge in [-0.1, -0.05) is 12.1 Å². The zero-order chi connectivity index (χ0) is 23.0. The first kappa shape index (κ1) is 22.2. The third-order valence-corrected chi connectivity index (χ3v) is 8.00. The molecule has 0 saturated carbocycles. The van der Waals surface area contributed by atoms with Gasteiger partial charge in [-0.25, -0.2) is 12.8 Å². The third kappa shape index (κ3) is 4.08. The summed E-state index contributed by atoms with van der Waals surface area (Å²) in [6.07, 6.45) is 4.53. The average Bonchev–Trinajstić information content (AvgIpc) is 3.21. The SMILES string of the molecule is CC(C)N(C)S(=O)(=O)c1cccc(C(=O)N2CC=C(c3c[nH]c4cc(F)ccc34)CC2)c1. The molecule has 168 valence electrons. The van der Waals surface area contributed by atoms with Crippen molar-refractivity contribution >= 4 is 32.4 Å². The van der Waals surface area contributed by atoms with Crippen LogP contribution in [0.4, 0.5) is 4.39 Å². The van der Waals surface area contributed by atoms with Crippen LogP contribution in [0.25, 0.3) is 16.5 Å². The van der Waals surface area contributed by atoms with Crippen molar-refractivity contribution in [2.75, 3.05) is 20.1 Å². The van der Waals surface area contributed by atoms with Crippen LogP contribution in [0.3, 0.4) is 0 Å². The molecule has 1 aliphatic heterocycles. The van der Waals surface area contributed by atoms with E-state index in [1.54, 1.807) is 36.9 Å². The van der Waals surface area contributed by atoms with Crippen LogP contribution in [-0.2, 0) is 10.0 Å². The van der Waals surface area contributed by atoms with Gasteiger partial charge < -0.3 is 9.88 Å². The minimum absolute atomic E-state index is 0.110. The summed E-state index contributed by atoms with van der Waals surface area (Å²) in [5.74, 6) is -0.491. The van der Waals surface area contributed by atoms with E-state index in [2.05, 4.69) is 4.98 Å². The maximum Gasteiger partial charge on any atom is 0.254 e. The molecule has 0 spiro atoms. The van der Waals surface area contributed by atoms with E-state index >= 15 is 0 Å². The maximum absolute atomic E-state index is 13.5. The Bertz CT molecular complexity index is 1310. The number of carbonyl (C=O) groups excluding carboxylic acids is 1. The number of hydrogen-bond acceptors (Lipinski definition) is 3. The highest BCUT2D eigenvalue weighted by Gasteiger charge is 2.26. The lowest BCUT2D eigenvalue weighted by molar-refractivity contribution is 0.0772. The van der Waals surface area contributed by atoms with Gasteiger partial charge in [-0.2, -0.15) is 4.31 Å². The zero-order valence-corrected chi connectivity index (χ0v) is 19.1. The molecule has 0 atom stereocenters. The van der Waals surface area contributed by atoms with Gasteiger partial charge in [0.2, 0.25) is 10.0 Å². The molecule has 0 saturated heterocycles. The molecule has 0 radical (unpaired) electrons. The highest BCUT2D eigenvalue weighted by molar-refractivity contribution is 7.89. The van der Waals surface area contributed by atoms with Crippen molar-refractivity contribution in [3.05, 3.63) is 71.7 Å². The van der Waals surface area contributed by atoms with E-state index < -0.39 is 10.0 Å². The Balaban J connectivity index is 1.54. The van der Waals surface area contributed by atoms with E-state index in [0.717, 1.165) is 22.0 Å². The molecule has 0 fully saturated rings. The Kier molecular flexibility index (Phi) is 5.92. The van der Waals surface area contributed by atoms with Gasteiger partial charge in [0, 0.05) is 54.4 Å². The van der Waals surface area contributed by atoms with E-state index in [1.807, 2.05) is 12.3 Å². The van der Waals surface area contributed by atoms with Crippen LogP contribution in [0.2, 0.25) is 0 Å². The molecule has 0 bridgehead atoms. The van der Waals surface area contributed by atoms with Crippen molar-refractivity contribution in [3.63, 3.8) is 0 Å². The minimum atomic E-state index is -3.67. The van der Waals surface area contributed by atoms with Crippen molar-refractivity contribution in [3.8, 4) is 0 Å². The fraction of sp³-hybridized carbons (Fsp3) is 0.292. The van der Waals surface area contributed by atoms with Crippen LogP contribution in [0.5, 0.6) is 0 Å². The lowest BCUT2D eigenvalue weighted by atomic mass is 9.98. The highest BCUT2D eigenvalue weighted by Crippen LogP contribution is 2.30. The molecule has 2 aromatic carbocycles. The van der Waals surface area contributed by atoms with Crippen molar-refractivity contribution in [2.24, 2.45) is 0 Å². The lowest BCUT2D eigenvalue weighted by Gasteiger charge is -2.27. The fourth-order valence-electron chi connectivity index (χ4n) is 3.88. The summed E-state index contributed by atoms with van der Waals surface area (Å²) in [7, 11) is -2.13. The normalized spacial score (nSPS) is 14.9. The largest absolute Gasteiger partial charge is 0.360 e. The predicted octanol–water partition coefficient (Wildman–Crippen LogP) is 4.27. The summed E-state index contributed by atoms with van der Waals surface area (Å²) in [6, 6.07) is 10.7. The van der Waals surface area contributed by atoms with Crippen LogP contribution in [0.15, 0.2) is 59.6 Å². The fourth-order valence-corrected chi connectivity index (χ4v) is 5.29. The topological polar surface area (TPSA) is 73.5 Å². The summed E-state index contributed by atoms with van der Waals surface area (Å²) in [4.78, 5) is 18.0. The smallest absolute Gasteiger partial charge is 0.254 e. The predicted molar refractivity (Wildman–Crippen MR) is 123 cm³/mol. The number of hydrogen-bond donors (Lipinski definition) is 1. The van der Waals surface area contributed by atoms with Crippen LogP contribution in [-0.4, -0.2) is 54.7 Å². The number of nitrogens with zero attached hydrogens (tertiary/aromatic N) is 2. The molecule has 6 nitrogen and oxygen atoms in total. The first-order valence-electron chi connectivity index (χ1n) is 10.5. The summed E-state index contributed by atoms with van der Waals surface area (Å²) in [5.41, 5.74) is 3.20. The van der Waals surface area contributed by atoms with Crippen molar-refractivity contribution < 1.29 is 17.6 Å². The molecule has 32 heavy (non-hydrogen) atoms. The number of aromatic amines is 1. The minimum Gasteiger partial charge on any atom is -0.360 e. The number of amides is 1. The summed E-state index contributed by atoms with van der Waals surface area (Å²) in [6.45, 7) is 4.54. The number of sulfonamides is 1. The Morgan fingerprint density at radius 1 is 1.19 bits per heavy atom. The molecule has 8 heteroatoms. The molecule has 2 heterocycles. The monoisotopic (exact) mass is 455 g/mol. The van der Waals surface area contributed by atoms with Gasteiger partial charge in [-0.3, -0.25) is 4.79 Å². The third-order valence-electron chi connectivity index (χ3n) is 5.97. The molecular formula is C24H26FN3O3S. The van der Waals surface area contributed by atoms with E-state index in [-0.39, 0.29) is 22.7 Å². The maximum atomic E-state index is 13.5. The first-order valence-corrected chi connectivity index (χ1v) is 12.0. The molecule has 1 amide bonds. The number of benzene rings is 2. The summed E-state index contributed by atoms with van der Waals surface area (Å²) < 4.78 is 40.3. The van der Waals surface area contributed by atoms with E-state index in [0.29, 0.717) is 25.1 Å². The van der Waals surface area contributed by atoms with Gasteiger partial charge in [0.15, 0.2) is 0 Å². The van der Waals surface area contributed by atoms with Gasteiger partial charge in [0.05, 0.1) is 4.90 Å². The molecular weight excluding hydrogens is 429 g/mol. The quantitative estimate of drug-likeness (QED) is 0.625. The number of halogens is 1. The molecule has 4 rings (SSSR count). The Morgan fingerprint density at radius 2 is 1.97 bits per heavy atom. The van der Waals surface area contributed by atoms with Gasteiger partial charge >= 0.3 is 0 Å². The second-order valence-corrected chi connectivity index (χ2v) is 10.3. The van der Waals surface area contributed by atoms with E-state index in [4.69, 9.17) is 0 Å². The molecule has 0 unspecified atom stereocenters. The number of fused-ring (bicyclic) bond motifs is 1. The Labute approximate surface area is 187 Å². The number of nitrogens with one attached hydrogen (secondary N) is 1. The van der Waals surface area contributed by atoms with Crippen LogP contribution >= 0.6 is 0 Å². The van der Waals surface area contributed by atoms with E-state index in [9.17, 15) is 17.6 Å². The lowest BCUT2D eigenvalue weighted by Crippen LogP contribution is -2.35. The Morgan fingerprint density at radius 3 is 2.66 bits per heavy atom. The van der Waals surface area contributed by atoms with Crippen LogP contribution in [0, 0.1) is 5.82 Å². The van der Waals surface area contributed by atoms with Gasteiger partial charge in [-0.05, 0) is 62.2 Å². The van der Waals surface area contributed by atoms with Crippen molar-refractivity contribution in [1.29, 1.82) is 0 Å². The highest BCUT2D eigenvalue weighted by atomic mass is 32.2.